The summed E-state index contributed by atoms with van der Waals surface area (Å²) in [6.07, 6.45) is 3.62. The van der Waals surface area contributed by atoms with E-state index in [-0.39, 0.29) is 21.1 Å². The van der Waals surface area contributed by atoms with Crippen molar-refractivity contribution in [2.45, 2.75) is 0 Å². The van der Waals surface area contributed by atoms with Gasteiger partial charge in [0.25, 0.3) is 0 Å². The SMILES string of the molecule is [Pt+2].[c-]1c(Oc2cc(-c3ccccc3)ccn2)cccc1-c1[c-]c2c(cc1)c1ccccc1n2-c1ncccc1-c1ccccc1. The number of nitrogens with zero attached hydrogens (tertiary/aromatic N) is 3. The van der Waals surface area contributed by atoms with Crippen molar-refractivity contribution >= 4 is 21.8 Å². The average molecular weight is 759 g/mol. The first-order valence-corrected chi connectivity index (χ1v) is 14.5. The van der Waals surface area contributed by atoms with Crippen LogP contribution in [-0.2, 0) is 21.1 Å². The van der Waals surface area contributed by atoms with Gasteiger partial charge in [0.15, 0.2) is 0 Å². The number of pyridine rings is 2. The first-order chi connectivity index (χ1) is 21.8. The Hall–Kier alpha value is -5.31. The van der Waals surface area contributed by atoms with Gasteiger partial charge in [0.1, 0.15) is 5.82 Å². The first kappa shape index (κ1) is 28.5. The second-order valence-corrected chi connectivity index (χ2v) is 10.5. The molecule has 216 valence electrons. The van der Waals surface area contributed by atoms with Crippen molar-refractivity contribution in [3.63, 3.8) is 0 Å². The number of para-hydroxylation sites is 1. The van der Waals surface area contributed by atoms with E-state index in [0.29, 0.717) is 11.6 Å². The van der Waals surface area contributed by atoms with Crippen molar-refractivity contribution in [2.24, 2.45) is 0 Å². The molecule has 0 saturated carbocycles. The van der Waals surface area contributed by atoms with Crippen molar-refractivity contribution in [2.75, 3.05) is 0 Å². The van der Waals surface area contributed by atoms with Crippen molar-refractivity contribution in [3.05, 3.63) is 164 Å². The molecule has 0 aliphatic heterocycles. The summed E-state index contributed by atoms with van der Waals surface area (Å²) >= 11 is 0. The van der Waals surface area contributed by atoms with Crippen molar-refractivity contribution < 1.29 is 25.8 Å². The van der Waals surface area contributed by atoms with Crippen molar-refractivity contribution in [1.82, 2.24) is 14.5 Å². The smallest absolute Gasteiger partial charge is 0.460 e. The Bertz CT molecular complexity index is 2260. The number of benzene rings is 5. The van der Waals surface area contributed by atoms with Gasteiger partial charge >= 0.3 is 21.1 Å². The van der Waals surface area contributed by atoms with E-state index >= 15 is 0 Å². The van der Waals surface area contributed by atoms with Gasteiger partial charge in [0.05, 0.1) is 0 Å². The molecule has 0 radical (unpaired) electrons. The largest absolute Gasteiger partial charge is 2.00 e. The third-order valence-electron chi connectivity index (χ3n) is 7.78. The zero-order chi connectivity index (χ0) is 29.3. The zero-order valence-corrected chi connectivity index (χ0v) is 26.3. The quantitative estimate of drug-likeness (QED) is 0.159. The number of fused-ring (bicyclic) bond motifs is 3. The molecular weight excluding hydrogens is 734 g/mol. The number of ether oxygens (including phenoxy) is 1. The van der Waals surface area contributed by atoms with E-state index in [0.717, 1.165) is 61.0 Å². The molecule has 8 rings (SSSR count). The summed E-state index contributed by atoms with van der Waals surface area (Å²) < 4.78 is 8.42. The zero-order valence-electron chi connectivity index (χ0n) is 24.0. The van der Waals surface area contributed by atoms with E-state index in [4.69, 9.17) is 9.72 Å². The monoisotopic (exact) mass is 758 g/mol. The molecule has 0 atom stereocenters. The van der Waals surface area contributed by atoms with E-state index in [9.17, 15) is 0 Å². The predicted octanol–water partition coefficient (Wildman–Crippen LogP) is 9.96. The van der Waals surface area contributed by atoms with E-state index in [2.05, 4.69) is 101 Å². The second kappa shape index (κ2) is 12.4. The van der Waals surface area contributed by atoms with Crippen molar-refractivity contribution in [1.29, 1.82) is 0 Å². The summed E-state index contributed by atoms with van der Waals surface area (Å²) in [5.41, 5.74) is 8.15. The molecule has 0 bridgehead atoms. The van der Waals surface area contributed by atoms with Crippen LogP contribution in [0, 0.1) is 12.1 Å². The Morgan fingerprint density at radius 1 is 0.533 bits per heavy atom. The van der Waals surface area contributed by atoms with Gasteiger partial charge in [-0.25, -0.2) is 21.1 Å². The van der Waals surface area contributed by atoms with Crippen LogP contribution >= 0.6 is 0 Å². The molecule has 0 N–H and O–H groups in total. The van der Waals surface area contributed by atoms with Crippen LogP contribution in [0.5, 0.6) is 11.6 Å². The van der Waals surface area contributed by atoms with Crippen LogP contribution in [0.15, 0.2) is 152 Å². The fourth-order valence-corrected chi connectivity index (χ4v) is 5.74. The van der Waals surface area contributed by atoms with Crippen LogP contribution in [0.3, 0.4) is 0 Å². The fourth-order valence-electron chi connectivity index (χ4n) is 5.74. The maximum absolute atomic E-state index is 6.20. The molecule has 4 nitrogen and oxygen atoms in total. The normalized spacial score (nSPS) is 10.9. The second-order valence-electron chi connectivity index (χ2n) is 10.5. The Labute approximate surface area is 275 Å². The molecule has 0 amide bonds. The first-order valence-electron chi connectivity index (χ1n) is 14.5. The van der Waals surface area contributed by atoms with Crippen LogP contribution in [0.2, 0.25) is 0 Å². The number of hydrogen-bond acceptors (Lipinski definition) is 3. The predicted molar refractivity (Wildman–Crippen MR) is 177 cm³/mol. The fraction of sp³-hybridized carbons (Fsp3) is 0. The molecule has 0 aliphatic rings. The topological polar surface area (TPSA) is 39.9 Å². The average Bonchev–Trinajstić information content (AvgIpc) is 3.43. The molecule has 0 unspecified atom stereocenters. The van der Waals surface area contributed by atoms with Crippen LogP contribution in [-0.4, -0.2) is 14.5 Å². The summed E-state index contributed by atoms with van der Waals surface area (Å²) in [6.45, 7) is 0. The van der Waals surface area contributed by atoms with Gasteiger partial charge in [-0.3, -0.25) is 0 Å². The summed E-state index contributed by atoms with van der Waals surface area (Å²) in [5, 5.41) is 2.27. The maximum Gasteiger partial charge on any atom is 2.00 e. The third kappa shape index (κ3) is 5.46. The number of aromatic nitrogens is 3. The summed E-state index contributed by atoms with van der Waals surface area (Å²) in [7, 11) is 0. The Morgan fingerprint density at radius 2 is 1.29 bits per heavy atom. The molecule has 5 heteroatoms. The van der Waals surface area contributed by atoms with Gasteiger partial charge < -0.3 is 9.30 Å². The van der Waals surface area contributed by atoms with Gasteiger partial charge in [0.2, 0.25) is 5.88 Å². The number of hydrogen-bond donors (Lipinski definition) is 0. The van der Waals surface area contributed by atoms with Gasteiger partial charge in [-0.05, 0) is 51.9 Å². The molecule has 0 saturated heterocycles. The molecular formula is C40H25N3OPt. The van der Waals surface area contributed by atoms with E-state index in [1.807, 2.05) is 66.9 Å². The minimum Gasteiger partial charge on any atom is -0.460 e. The van der Waals surface area contributed by atoms with Gasteiger partial charge in [-0.1, -0.05) is 84.2 Å². The molecule has 0 fully saturated rings. The Kier molecular flexibility index (Phi) is 7.81. The maximum atomic E-state index is 6.20. The minimum absolute atomic E-state index is 0. The Balaban J connectivity index is 0.00000325. The van der Waals surface area contributed by atoms with Gasteiger partial charge in [0, 0.05) is 35.3 Å². The number of rotatable bonds is 6. The van der Waals surface area contributed by atoms with Crippen LogP contribution in [0.4, 0.5) is 0 Å². The van der Waals surface area contributed by atoms with E-state index < -0.39 is 0 Å². The molecule has 0 spiro atoms. The van der Waals surface area contributed by atoms with Crippen LogP contribution < -0.4 is 4.74 Å². The van der Waals surface area contributed by atoms with Gasteiger partial charge in [-0.15, -0.1) is 18.2 Å². The van der Waals surface area contributed by atoms with E-state index in [1.165, 1.54) is 0 Å². The molecule has 3 aromatic heterocycles. The molecule has 8 aromatic rings. The van der Waals surface area contributed by atoms with E-state index in [1.54, 1.807) is 6.20 Å². The summed E-state index contributed by atoms with van der Waals surface area (Å²) in [5.74, 6) is 1.97. The summed E-state index contributed by atoms with van der Waals surface area (Å²) in [4.78, 5) is 9.34. The van der Waals surface area contributed by atoms with Crippen LogP contribution in [0.25, 0.3) is 61.0 Å². The Morgan fingerprint density at radius 3 is 2.13 bits per heavy atom. The third-order valence-corrected chi connectivity index (χ3v) is 7.78. The van der Waals surface area contributed by atoms with Gasteiger partial charge in [-0.2, -0.15) is 24.3 Å². The van der Waals surface area contributed by atoms with Crippen LogP contribution in [0.1, 0.15) is 0 Å². The standard InChI is InChI=1S/C40H25N3O.Pt/c1-3-11-28(12-4-1)32-22-24-41-39(27-32)44-33-16-9-15-30(25-33)31-20-21-36-35-17-7-8-19-37(35)43(38(36)26-31)40-34(18-10-23-42-40)29-13-5-2-6-14-29;/h1-24,27H;/q-2;+2. The molecule has 5 aromatic carbocycles. The molecule has 3 heterocycles. The molecule has 45 heavy (non-hydrogen) atoms. The molecule has 0 aliphatic carbocycles. The minimum atomic E-state index is 0. The summed E-state index contributed by atoms with van der Waals surface area (Å²) in [6, 6.07) is 54.4. The van der Waals surface area contributed by atoms with Crippen molar-refractivity contribution in [3.8, 4) is 50.8 Å².